The Kier molecular flexibility index (Phi) is 3.47. The van der Waals surface area contributed by atoms with Gasteiger partial charge in [-0.05, 0) is 0 Å². The lowest BCUT2D eigenvalue weighted by Gasteiger charge is -2.17. The number of fused-ring (bicyclic) bond motifs is 1. The van der Waals surface area contributed by atoms with Gasteiger partial charge in [0.15, 0.2) is 5.13 Å². The minimum atomic E-state index is -5.92. The van der Waals surface area contributed by atoms with Crippen LogP contribution in [0.15, 0.2) is 0 Å². The van der Waals surface area contributed by atoms with Crippen LogP contribution in [0.4, 0.5) is 27.1 Å². The summed E-state index contributed by atoms with van der Waals surface area (Å²) in [5.41, 5.74) is 0.606. The van der Waals surface area contributed by atoms with Crippen LogP contribution < -0.4 is 10.6 Å². The first-order valence-electron chi connectivity index (χ1n) is 5.17. The smallest absolute Gasteiger partial charge is 0.311 e. The van der Waals surface area contributed by atoms with Gasteiger partial charge in [-0.15, -0.1) is 11.3 Å². The number of alkyl halides is 5. The molecule has 0 unspecified atom stereocenters. The summed E-state index contributed by atoms with van der Waals surface area (Å²) in [5, 5.41) is 4.26. The van der Waals surface area contributed by atoms with E-state index in [1.807, 2.05) is 0 Å². The lowest BCUT2D eigenvalue weighted by molar-refractivity contribution is -0.267. The number of anilines is 1. The largest absolute Gasteiger partial charge is 0.463 e. The van der Waals surface area contributed by atoms with Crippen LogP contribution in [0.1, 0.15) is 10.6 Å². The van der Waals surface area contributed by atoms with Gasteiger partial charge in [0.1, 0.15) is 0 Å². The predicted molar refractivity (Wildman–Crippen MR) is 57.2 cm³/mol. The van der Waals surface area contributed by atoms with E-state index in [-0.39, 0.29) is 5.13 Å². The maximum atomic E-state index is 12.7. The van der Waals surface area contributed by atoms with E-state index in [1.54, 1.807) is 0 Å². The summed E-state index contributed by atoms with van der Waals surface area (Å²) in [7, 11) is 0. The van der Waals surface area contributed by atoms with Crippen molar-refractivity contribution in [2.24, 2.45) is 0 Å². The van der Waals surface area contributed by atoms with Gasteiger partial charge in [0.2, 0.25) is 0 Å². The highest BCUT2D eigenvalue weighted by molar-refractivity contribution is 7.15. The molecule has 0 aliphatic carbocycles. The third-order valence-corrected chi connectivity index (χ3v) is 3.48. The quantitative estimate of drug-likeness (QED) is 0.821. The van der Waals surface area contributed by atoms with E-state index in [9.17, 15) is 26.7 Å². The molecule has 0 aromatic carbocycles. The number of nitrogens with one attached hydrogen (secondary N) is 2. The zero-order valence-corrected chi connectivity index (χ0v) is 10.1. The molecule has 4 nitrogen and oxygen atoms in total. The van der Waals surface area contributed by atoms with Crippen molar-refractivity contribution in [1.82, 2.24) is 10.3 Å². The first-order valence-corrected chi connectivity index (χ1v) is 5.99. The fraction of sp³-hybridized carbons (Fsp3) is 0.556. The van der Waals surface area contributed by atoms with Crippen LogP contribution >= 0.6 is 11.3 Å². The van der Waals surface area contributed by atoms with Gasteiger partial charge in [0, 0.05) is 24.4 Å². The van der Waals surface area contributed by atoms with Crippen LogP contribution in [0.25, 0.3) is 0 Å². The monoisotopic (exact) mass is 301 g/mol. The Morgan fingerprint density at radius 2 is 2.00 bits per heavy atom. The SMILES string of the molecule is O=C(Nc1nc2c(s1)CNCC2)C(F)(F)C(F)(F)F. The molecule has 0 bridgehead atoms. The molecule has 1 aromatic heterocycles. The molecule has 0 atom stereocenters. The summed E-state index contributed by atoms with van der Waals surface area (Å²) < 4.78 is 61.4. The molecule has 1 aromatic rings. The highest BCUT2D eigenvalue weighted by Gasteiger charge is 2.63. The Hall–Kier alpha value is -1.29. The highest BCUT2D eigenvalue weighted by Crippen LogP contribution is 2.36. The van der Waals surface area contributed by atoms with Crippen LogP contribution in [0, 0.1) is 0 Å². The lowest BCUT2D eigenvalue weighted by Crippen LogP contribution is -2.47. The number of carbonyl (C=O) groups is 1. The van der Waals surface area contributed by atoms with E-state index in [4.69, 9.17) is 0 Å². The number of halogens is 5. The van der Waals surface area contributed by atoms with Crippen LogP contribution in [0.2, 0.25) is 0 Å². The van der Waals surface area contributed by atoms with Crippen molar-refractivity contribution in [2.75, 3.05) is 11.9 Å². The molecule has 0 saturated carbocycles. The zero-order chi connectivity index (χ0) is 14.3. The number of thiazole rings is 1. The van der Waals surface area contributed by atoms with E-state index in [0.29, 0.717) is 25.2 Å². The maximum absolute atomic E-state index is 12.7. The summed E-state index contributed by atoms with van der Waals surface area (Å²) in [4.78, 5) is 15.5. The van der Waals surface area contributed by atoms with Gasteiger partial charge in [0.25, 0.3) is 0 Å². The van der Waals surface area contributed by atoms with Crippen molar-refractivity contribution in [1.29, 1.82) is 0 Å². The van der Waals surface area contributed by atoms with E-state index in [1.165, 1.54) is 5.32 Å². The summed E-state index contributed by atoms with van der Waals surface area (Å²) in [6, 6.07) is 0. The number of hydrogen-bond donors (Lipinski definition) is 2. The van der Waals surface area contributed by atoms with Crippen molar-refractivity contribution in [3.8, 4) is 0 Å². The zero-order valence-electron chi connectivity index (χ0n) is 9.27. The molecule has 0 radical (unpaired) electrons. The molecular weight excluding hydrogens is 293 g/mol. The van der Waals surface area contributed by atoms with Crippen LogP contribution in [-0.2, 0) is 17.8 Å². The Morgan fingerprint density at radius 3 is 2.58 bits per heavy atom. The second-order valence-corrected chi connectivity index (χ2v) is 4.93. The van der Waals surface area contributed by atoms with Gasteiger partial charge in [-0.2, -0.15) is 22.0 Å². The highest BCUT2D eigenvalue weighted by atomic mass is 32.1. The minimum absolute atomic E-state index is 0.248. The first-order chi connectivity index (χ1) is 8.72. The predicted octanol–water partition coefficient (Wildman–Crippen LogP) is 1.92. The van der Waals surface area contributed by atoms with Crippen molar-refractivity contribution in [2.45, 2.75) is 25.1 Å². The molecular formula is C9H8F5N3OS. The first kappa shape index (κ1) is 14.1. The average molecular weight is 301 g/mol. The van der Waals surface area contributed by atoms with Crippen molar-refractivity contribution in [3.05, 3.63) is 10.6 Å². The van der Waals surface area contributed by atoms with Gasteiger partial charge in [0.05, 0.1) is 5.69 Å². The lowest BCUT2D eigenvalue weighted by atomic mass is 10.2. The van der Waals surface area contributed by atoms with Crippen LogP contribution in [0.3, 0.4) is 0 Å². The fourth-order valence-electron chi connectivity index (χ4n) is 1.48. The standard InChI is InChI=1S/C9H8F5N3OS/c10-8(11,9(12,13)14)6(18)17-7-16-4-1-2-15-3-5(4)19-7/h15H,1-3H2,(H,16,17,18). The molecule has 1 aliphatic heterocycles. The Morgan fingerprint density at radius 1 is 1.32 bits per heavy atom. The molecule has 2 rings (SSSR count). The average Bonchev–Trinajstić information content (AvgIpc) is 2.69. The topological polar surface area (TPSA) is 54.0 Å². The molecule has 1 amide bonds. The van der Waals surface area contributed by atoms with E-state index in [0.717, 1.165) is 16.2 Å². The number of nitrogens with zero attached hydrogens (tertiary/aromatic N) is 1. The molecule has 0 saturated heterocycles. The molecule has 0 spiro atoms. The fourth-order valence-corrected chi connectivity index (χ4v) is 2.46. The van der Waals surface area contributed by atoms with Gasteiger partial charge < -0.3 is 5.32 Å². The summed E-state index contributed by atoms with van der Waals surface area (Å²) in [6.07, 6.45) is -5.38. The summed E-state index contributed by atoms with van der Waals surface area (Å²) >= 11 is 0.884. The van der Waals surface area contributed by atoms with E-state index < -0.39 is 18.0 Å². The molecule has 10 heteroatoms. The third-order valence-electron chi connectivity index (χ3n) is 2.46. The van der Waals surface area contributed by atoms with Crippen molar-refractivity contribution >= 4 is 22.4 Å². The molecule has 1 aliphatic rings. The molecule has 2 heterocycles. The van der Waals surface area contributed by atoms with E-state index in [2.05, 4.69) is 10.3 Å². The van der Waals surface area contributed by atoms with Crippen LogP contribution in [-0.4, -0.2) is 29.5 Å². The molecule has 0 fully saturated rings. The third kappa shape index (κ3) is 2.68. The molecule has 19 heavy (non-hydrogen) atoms. The van der Waals surface area contributed by atoms with Gasteiger partial charge in [-0.1, -0.05) is 0 Å². The Bertz CT molecular complexity index is 475. The second-order valence-electron chi connectivity index (χ2n) is 3.84. The second kappa shape index (κ2) is 4.67. The Labute approximate surface area is 108 Å². The Balaban J connectivity index is 2.13. The molecule has 106 valence electrons. The van der Waals surface area contributed by atoms with Gasteiger partial charge >= 0.3 is 18.0 Å². The molecule has 2 N–H and O–H groups in total. The maximum Gasteiger partial charge on any atom is 0.463 e. The number of rotatable bonds is 2. The van der Waals surface area contributed by atoms with Gasteiger partial charge in [-0.3, -0.25) is 10.1 Å². The van der Waals surface area contributed by atoms with Crippen molar-refractivity contribution < 1.29 is 26.7 Å². The number of aromatic nitrogens is 1. The van der Waals surface area contributed by atoms with E-state index >= 15 is 0 Å². The minimum Gasteiger partial charge on any atom is -0.311 e. The summed E-state index contributed by atoms with van der Waals surface area (Å²) in [5.74, 6) is -7.85. The number of hydrogen-bond acceptors (Lipinski definition) is 4. The summed E-state index contributed by atoms with van der Waals surface area (Å²) in [6.45, 7) is 1.10. The van der Waals surface area contributed by atoms with Crippen LogP contribution in [0.5, 0.6) is 0 Å². The number of carbonyl (C=O) groups excluding carboxylic acids is 1. The number of amides is 1. The van der Waals surface area contributed by atoms with Gasteiger partial charge in [-0.25, -0.2) is 4.98 Å². The normalized spacial score (nSPS) is 16.1. The van der Waals surface area contributed by atoms with Crippen molar-refractivity contribution in [3.63, 3.8) is 0 Å².